The molecule has 1 saturated heterocycles. The molecular formula is C13H16ClN3O2. The predicted molar refractivity (Wildman–Crippen MR) is 74.0 cm³/mol. The topological polar surface area (TPSA) is 66.6 Å². The summed E-state index contributed by atoms with van der Waals surface area (Å²) >= 11 is 5.89. The molecule has 0 spiro atoms. The Bertz CT molecular complexity index is 511. The molecule has 1 aliphatic heterocycles. The first-order valence-corrected chi connectivity index (χ1v) is 6.46. The molecule has 19 heavy (non-hydrogen) atoms. The molecule has 6 heteroatoms. The van der Waals surface area contributed by atoms with Gasteiger partial charge >= 0.3 is 0 Å². The molecule has 2 N–H and O–H groups in total. The van der Waals surface area contributed by atoms with Gasteiger partial charge in [0.25, 0.3) is 5.91 Å². The Morgan fingerprint density at radius 1 is 1.16 bits per heavy atom. The summed E-state index contributed by atoms with van der Waals surface area (Å²) in [4.78, 5) is 27.0. The molecular weight excluding hydrogens is 266 g/mol. The highest BCUT2D eigenvalue weighted by Gasteiger charge is 2.24. The minimum Gasteiger partial charge on any atom is -0.398 e. The van der Waals surface area contributed by atoms with Gasteiger partial charge in [-0.3, -0.25) is 9.59 Å². The fourth-order valence-electron chi connectivity index (χ4n) is 2.11. The van der Waals surface area contributed by atoms with Gasteiger partial charge in [-0.15, -0.1) is 0 Å². The number of nitrogens with two attached hydrogens (primary N) is 1. The smallest absolute Gasteiger partial charge is 0.256 e. The number of anilines is 1. The van der Waals surface area contributed by atoms with Gasteiger partial charge in [0.2, 0.25) is 5.91 Å². The number of nitrogens with zero attached hydrogens (tertiary/aromatic N) is 2. The molecule has 0 aliphatic carbocycles. The minimum atomic E-state index is -0.136. The van der Waals surface area contributed by atoms with Crippen LogP contribution in [0.2, 0.25) is 5.02 Å². The molecule has 1 heterocycles. The van der Waals surface area contributed by atoms with Crippen molar-refractivity contribution in [2.24, 2.45) is 0 Å². The third-order valence-corrected chi connectivity index (χ3v) is 3.49. The Morgan fingerprint density at radius 2 is 1.74 bits per heavy atom. The Morgan fingerprint density at radius 3 is 2.32 bits per heavy atom. The second-order valence-electron chi connectivity index (χ2n) is 4.53. The summed E-state index contributed by atoms with van der Waals surface area (Å²) in [6, 6.07) is 4.86. The molecule has 5 nitrogen and oxygen atoms in total. The van der Waals surface area contributed by atoms with Crippen molar-refractivity contribution < 1.29 is 9.59 Å². The summed E-state index contributed by atoms with van der Waals surface area (Å²) in [5, 5.41) is 0.486. The van der Waals surface area contributed by atoms with Crippen LogP contribution in [0.3, 0.4) is 0 Å². The molecule has 1 aliphatic rings. The fraction of sp³-hybridized carbons (Fsp3) is 0.385. The van der Waals surface area contributed by atoms with Crippen molar-refractivity contribution in [3.05, 3.63) is 28.8 Å². The number of carbonyl (C=O) groups excluding carboxylic acids is 2. The number of piperazine rings is 1. The monoisotopic (exact) mass is 281 g/mol. The molecule has 0 bridgehead atoms. The normalized spacial score (nSPS) is 15.5. The van der Waals surface area contributed by atoms with Crippen molar-refractivity contribution in [3.8, 4) is 0 Å². The van der Waals surface area contributed by atoms with Crippen molar-refractivity contribution in [1.82, 2.24) is 9.80 Å². The van der Waals surface area contributed by atoms with Crippen LogP contribution in [0.25, 0.3) is 0 Å². The molecule has 0 aromatic heterocycles. The van der Waals surface area contributed by atoms with E-state index in [1.165, 1.54) is 6.92 Å². The van der Waals surface area contributed by atoms with Crippen LogP contribution in [0.4, 0.5) is 5.69 Å². The number of amides is 2. The molecule has 1 fully saturated rings. The molecule has 2 amide bonds. The number of carbonyl (C=O) groups is 2. The van der Waals surface area contributed by atoms with Crippen molar-refractivity contribution >= 4 is 29.1 Å². The molecule has 0 saturated carbocycles. The number of nitrogen functional groups attached to an aromatic ring is 1. The summed E-state index contributed by atoms with van der Waals surface area (Å²) in [6.07, 6.45) is 0. The largest absolute Gasteiger partial charge is 0.398 e. The van der Waals surface area contributed by atoms with E-state index in [-0.39, 0.29) is 11.8 Å². The van der Waals surface area contributed by atoms with Crippen LogP contribution in [0, 0.1) is 0 Å². The summed E-state index contributed by atoms with van der Waals surface area (Å²) in [5.74, 6) is -0.0995. The highest BCUT2D eigenvalue weighted by Crippen LogP contribution is 2.20. The zero-order chi connectivity index (χ0) is 14.0. The third-order valence-electron chi connectivity index (χ3n) is 3.26. The number of hydrogen-bond acceptors (Lipinski definition) is 3. The first-order chi connectivity index (χ1) is 8.99. The lowest BCUT2D eigenvalue weighted by Crippen LogP contribution is -2.50. The predicted octanol–water partition coefficient (Wildman–Crippen LogP) is 1.23. The maximum absolute atomic E-state index is 12.3. The summed E-state index contributed by atoms with van der Waals surface area (Å²) in [6.45, 7) is 3.68. The number of halogens is 1. The van der Waals surface area contributed by atoms with Gasteiger partial charge in [-0.05, 0) is 18.2 Å². The average Bonchev–Trinajstić information content (AvgIpc) is 2.41. The Hall–Kier alpha value is -1.75. The van der Waals surface area contributed by atoms with Gasteiger partial charge < -0.3 is 15.5 Å². The van der Waals surface area contributed by atoms with E-state index < -0.39 is 0 Å². The first kappa shape index (κ1) is 13.7. The molecule has 1 aromatic carbocycles. The van der Waals surface area contributed by atoms with Gasteiger partial charge in [0.15, 0.2) is 0 Å². The van der Waals surface area contributed by atoms with Gasteiger partial charge in [-0.2, -0.15) is 0 Å². The second kappa shape index (κ2) is 5.48. The van der Waals surface area contributed by atoms with Crippen LogP contribution >= 0.6 is 11.6 Å². The minimum absolute atomic E-state index is 0.0365. The van der Waals surface area contributed by atoms with E-state index >= 15 is 0 Å². The summed E-state index contributed by atoms with van der Waals surface area (Å²) in [5.41, 5.74) is 6.64. The van der Waals surface area contributed by atoms with Crippen molar-refractivity contribution in [2.45, 2.75) is 6.92 Å². The summed E-state index contributed by atoms with van der Waals surface area (Å²) in [7, 11) is 0. The van der Waals surface area contributed by atoms with Gasteiger partial charge in [0, 0.05) is 43.8 Å². The van der Waals surface area contributed by atoms with Crippen LogP contribution in [0.15, 0.2) is 18.2 Å². The number of hydrogen-bond donors (Lipinski definition) is 1. The van der Waals surface area contributed by atoms with E-state index in [0.717, 1.165) is 0 Å². The maximum atomic E-state index is 12.3. The lowest BCUT2D eigenvalue weighted by Gasteiger charge is -2.34. The lowest BCUT2D eigenvalue weighted by molar-refractivity contribution is -0.130. The van der Waals surface area contributed by atoms with E-state index in [4.69, 9.17) is 17.3 Å². The standard InChI is InChI=1S/C13H16ClN3O2/c1-9(18)16-4-6-17(7-5-16)13(19)11-8-10(14)2-3-12(11)15/h2-3,8H,4-7,15H2,1H3. The maximum Gasteiger partial charge on any atom is 0.256 e. The zero-order valence-corrected chi connectivity index (χ0v) is 11.5. The Kier molecular flexibility index (Phi) is 3.95. The molecule has 0 unspecified atom stereocenters. The molecule has 0 radical (unpaired) electrons. The van der Waals surface area contributed by atoms with E-state index in [1.54, 1.807) is 28.0 Å². The van der Waals surface area contributed by atoms with Crippen LogP contribution < -0.4 is 5.73 Å². The van der Waals surface area contributed by atoms with Gasteiger partial charge in [0.1, 0.15) is 0 Å². The lowest BCUT2D eigenvalue weighted by atomic mass is 10.1. The van der Waals surface area contributed by atoms with Crippen molar-refractivity contribution in [2.75, 3.05) is 31.9 Å². The average molecular weight is 282 g/mol. The highest BCUT2D eigenvalue weighted by atomic mass is 35.5. The van der Waals surface area contributed by atoms with Gasteiger partial charge in [-0.1, -0.05) is 11.6 Å². The van der Waals surface area contributed by atoms with Crippen molar-refractivity contribution in [1.29, 1.82) is 0 Å². The van der Waals surface area contributed by atoms with E-state index in [1.807, 2.05) is 0 Å². The molecule has 0 atom stereocenters. The molecule has 1 aromatic rings. The van der Waals surface area contributed by atoms with E-state index in [0.29, 0.717) is 42.5 Å². The first-order valence-electron chi connectivity index (χ1n) is 6.09. The van der Waals surface area contributed by atoms with Crippen LogP contribution in [0.5, 0.6) is 0 Å². The molecule has 102 valence electrons. The van der Waals surface area contributed by atoms with Gasteiger partial charge in [0.05, 0.1) is 5.56 Å². The number of rotatable bonds is 1. The zero-order valence-electron chi connectivity index (χ0n) is 10.7. The number of benzene rings is 1. The van der Waals surface area contributed by atoms with Gasteiger partial charge in [-0.25, -0.2) is 0 Å². The Balaban J connectivity index is 2.09. The van der Waals surface area contributed by atoms with Crippen molar-refractivity contribution in [3.63, 3.8) is 0 Å². The third kappa shape index (κ3) is 2.98. The fourth-order valence-corrected chi connectivity index (χ4v) is 2.28. The SMILES string of the molecule is CC(=O)N1CCN(C(=O)c2cc(Cl)ccc2N)CC1. The quantitative estimate of drug-likeness (QED) is 0.787. The van der Waals surface area contributed by atoms with E-state index in [9.17, 15) is 9.59 Å². The summed E-state index contributed by atoms with van der Waals surface area (Å²) < 4.78 is 0. The van der Waals surface area contributed by atoms with Crippen LogP contribution in [-0.2, 0) is 4.79 Å². The van der Waals surface area contributed by atoms with Crippen LogP contribution in [-0.4, -0.2) is 47.8 Å². The van der Waals surface area contributed by atoms with E-state index in [2.05, 4.69) is 0 Å². The highest BCUT2D eigenvalue weighted by molar-refractivity contribution is 6.31. The Labute approximate surface area is 116 Å². The van der Waals surface area contributed by atoms with Crippen LogP contribution in [0.1, 0.15) is 17.3 Å². The molecule has 2 rings (SSSR count). The second-order valence-corrected chi connectivity index (χ2v) is 4.97.